The van der Waals surface area contributed by atoms with E-state index in [1.807, 2.05) is 6.92 Å². The fourth-order valence-electron chi connectivity index (χ4n) is 2.01. The van der Waals surface area contributed by atoms with Crippen LogP contribution in [-0.2, 0) is 6.42 Å². The van der Waals surface area contributed by atoms with Crippen LogP contribution in [0, 0.1) is 18.6 Å². The van der Waals surface area contributed by atoms with Gasteiger partial charge in [-0.3, -0.25) is 0 Å². The third-order valence-corrected chi connectivity index (χ3v) is 3.35. The van der Waals surface area contributed by atoms with Gasteiger partial charge in [-0.15, -0.1) is 0 Å². The second-order valence-electron chi connectivity index (χ2n) is 4.55. The lowest BCUT2D eigenvalue weighted by molar-refractivity contribution is 0.578. The van der Waals surface area contributed by atoms with Gasteiger partial charge in [0, 0.05) is 16.6 Å². The summed E-state index contributed by atoms with van der Waals surface area (Å²) in [7, 11) is 0. The molecule has 0 saturated heterocycles. The molecule has 0 fully saturated rings. The molecule has 100 valence electrons. The Labute approximate surface area is 116 Å². The van der Waals surface area contributed by atoms with Gasteiger partial charge in [-0.05, 0) is 48.7 Å². The number of nitrogens with two attached hydrogens (primary N) is 1. The van der Waals surface area contributed by atoms with E-state index >= 15 is 0 Å². The molecule has 0 aliphatic rings. The Bertz CT molecular complexity index is 599. The van der Waals surface area contributed by atoms with Crippen molar-refractivity contribution < 1.29 is 8.78 Å². The molecule has 2 aromatic carbocycles. The van der Waals surface area contributed by atoms with Crippen LogP contribution in [0.4, 0.5) is 8.78 Å². The summed E-state index contributed by atoms with van der Waals surface area (Å²) in [6.45, 7) is 1.87. The van der Waals surface area contributed by atoms with E-state index in [-0.39, 0.29) is 5.82 Å². The van der Waals surface area contributed by atoms with Crippen LogP contribution in [0.2, 0.25) is 5.02 Å². The summed E-state index contributed by atoms with van der Waals surface area (Å²) in [6.07, 6.45) is 0.377. The molecule has 0 bridgehead atoms. The van der Waals surface area contributed by atoms with Crippen molar-refractivity contribution in [3.8, 4) is 0 Å². The first-order valence-corrected chi connectivity index (χ1v) is 6.30. The van der Waals surface area contributed by atoms with Gasteiger partial charge in [-0.25, -0.2) is 8.78 Å². The minimum Gasteiger partial charge on any atom is -0.324 e. The van der Waals surface area contributed by atoms with Gasteiger partial charge in [-0.2, -0.15) is 0 Å². The SMILES string of the molecule is Cc1ccc(F)cc1CC(N)c1ccc(Cl)cc1F. The number of rotatable bonds is 3. The Balaban J connectivity index is 2.25. The molecule has 0 amide bonds. The van der Waals surface area contributed by atoms with E-state index in [1.165, 1.54) is 18.2 Å². The first-order valence-electron chi connectivity index (χ1n) is 5.93. The van der Waals surface area contributed by atoms with Gasteiger partial charge in [0.15, 0.2) is 0 Å². The van der Waals surface area contributed by atoms with E-state index in [2.05, 4.69) is 0 Å². The standard InChI is InChI=1S/C15H14ClF2N/c1-9-2-4-12(17)6-10(9)7-15(19)13-5-3-11(16)8-14(13)18/h2-6,8,15H,7,19H2,1H3. The van der Waals surface area contributed by atoms with Crippen molar-refractivity contribution in [2.45, 2.75) is 19.4 Å². The topological polar surface area (TPSA) is 26.0 Å². The van der Waals surface area contributed by atoms with Gasteiger partial charge < -0.3 is 5.73 Å². The van der Waals surface area contributed by atoms with Crippen molar-refractivity contribution in [1.29, 1.82) is 0 Å². The Kier molecular flexibility index (Phi) is 4.17. The largest absolute Gasteiger partial charge is 0.324 e. The summed E-state index contributed by atoms with van der Waals surface area (Å²) in [6, 6.07) is 8.38. The summed E-state index contributed by atoms with van der Waals surface area (Å²) in [4.78, 5) is 0. The minimum absolute atomic E-state index is 0.315. The molecule has 0 aliphatic carbocycles. The van der Waals surface area contributed by atoms with E-state index in [9.17, 15) is 8.78 Å². The summed E-state index contributed by atoms with van der Waals surface area (Å²) in [5.74, 6) is -0.751. The van der Waals surface area contributed by atoms with Gasteiger partial charge in [0.05, 0.1) is 0 Å². The molecule has 0 radical (unpaired) electrons. The van der Waals surface area contributed by atoms with Crippen molar-refractivity contribution in [3.05, 3.63) is 69.7 Å². The highest BCUT2D eigenvalue weighted by atomic mass is 35.5. The third kappa shape index (κ3) is 3.31. The lowest BCUT2D eigenvalue weighted by Gasteiger charge is -2.15. The van der Waals surface area contributed by atoms with E-state index in [4.69, 9.17) is 17.3 Å². The van der Waals surface area contributed by atoms with E-state index < -0.39 is 11.9 Å². The molecule has 19 heavy (non-hydrogen) atoms. The zero-order valence-corrected chi connectivity index (χ0v) is 11.2. The lowest BCUT2D eigenvalue weighted by Crippen LogP contribution is -2.15. The molecule has 2 aromatic rings. The maximum absolute atomic E-state index is 13.7. The zero-order chi connectivity index (χ0) is 14.0. The average molecular weight is 282 g/mol. The quantitative estimate of drug-likeness (QED) is 0.898. The Morgan fingerprint density at radius 2 is 1.89 bits per heavy atom. The Hall–Kier alpha value is -1.45. The van der Waals surface area contributed by atoms with E-state index in [0.717, 1.165) is 11.1 Å². The molecule has 1 unspecified atom stereocenters. The number of hydrogen-bond acceptors (Lipinski definition) is 1. The number of hydrogen-bond donors (Lipinski definition) is 1. The normalized spacial score (nSPS) is 12.5. The molecule has 4 heteroatoms. The summed E-state index contributed by atoms with van der Waals surface area (Å²) < 4.78 is 26.9. The number of aryl methyl sites for hydroxylation is 1. The predicted octanol–water partition coefficient (Wildman–Crippen LogP) is 4.17. The highest BCUT2D eigenvalue weighted by Crippen LogP contribution is 2.23. The molecular formula is C15H14ClF2N. The smallest absolute Gasteiger partial charge is 0.129 e. The van der Waals surface area contributed by atoms with Gasteiger partial charge >= 0.3 is 0 Å². The average Bonchev–Trinajstić information content (AvgIpc) is 2.33. The second kappa shape index (κ2) is 5.68. The van der Waals surface area contributed by atoms with Crippen LogP contribution < -0.4 is 5.73 Å². The molecular weight excluding hydrogens is 268 g/mol. The first-order chi connectivity index (χ1) is 8.97. The lowest BCUT2D eigenvalue weighted by atomic mass is 9.96. The van der Waals surface area contributed by atoms with Crippen LogP contribution >= 0.6 is 11.6 Å². The Morgan fingerprint density at radius 1 is 1.16 bits per heavy atom. The van der Waals surface area contributed by atoms with Crippen molar-refractivity contribution in [2.24, 2.45) is 5.73 Å². The van der Waals surface area contributed by atoms with Crippen molar-refractivity contribution in [1.82, 2.24) is 0 Å². The summed E-state index contributed by atoms with van der Waals surface area (Å²) in [5.41, 5.74) is 8.09. The molecule has 1 nitrogen and oxygen atoms in total. The first kappa shape index (κ1) is 14.0. The molecule has 0 heterocycles. The maximum Gasteiger partial charge on any atom is 0.129 e. The fourth-order valence-corrected chi connectivity index (χ4v) is 2.17. The van der Waals surface area contributed by atoms with Crippen LogP contribution in [0.3, 0.4) is 0 Å². The van der Waals surface area contributed by atoms with Gasteiger partial charge in [0.2, 0.25) is 0 Å². The van der Waals surface area contributed by atoms with Gasteiger partial charge in [0.25, 0.3) is 0 Å². The molecule has 0 saturated carbocycles. The summed E-state index contributed by atoms with van der Waals surface area (Å²) >= 11 is 5.70. The fraction of sp³-hybridized carbons (Fsp3) is 0.200. The van der Waals surface area contributed by atoms with E-state index in [1.54, 1.807) is 18.2 Å². The van der Waals surface area contributed by atoms with Crippen LogP contribution in [0.1, 0.15) is 22.7 Å². The minimum atomic E-state index is -0.530. The van der Waals surface area contributed by atoms with Crippen LogP contribution in [0.25, 0.3) is 0 Å². The van der Waals surface area contributed by atoms with Gasteiger partial charge in [-0.1, -0.05) is 23.7 Å². The van der Waals surface area contributed by atoms with Crippen LogP contribution in [0.5, 0.6) is 0 Å². The molecule has 2 rings (SSSR count). The van der Waals surface area contributed by atoms with Crippen LogP contribution in [-0.4, -0.2) is 0 Å². The van der Waals surface area contributed by atoms with Crippen molar-refractivity contribution in [3.63, 3.8) is 0 Å². The maximum atomic E-state index is 13.7. The third-order valence-electron chi connectivity index (χ3n) is 3.11. The number of benzene rings is 2. The summed E-state index contributed by atoms with van der Waals surface area (Å²) in [5, 5.41) is 0.329. The molecule has 0 spiro atoms. The van der Waals surface area contributed by atoms with Crippen LogP contribution in [0.15, 0.2) is 36.4 Å². The monoisotopic (exact) mass is 281 g/mol. The molecule has 1 atom stereocenters. The number of halogens is 3. The second-order valence-corrected chi connectivity index (χ2v) is 4.98. The highest BCUT2D eigenvalue weighted by Gasteiger charge is 2.14. The van der Waals surface area contributed by atoms with E-state index in [0.29, 0.717) is 17.0 Å². The van der Waals surface area contributed by atoms with Gasteiger partial charge in [0.1, 0.15) is 11.6 Å². The molecule has 0 aliphatic heterocycles. The predicted molar refractivity (Wildman–Crippen MR) is 73.2 cm³/mol. The molecule has 0 aromatic heterocycles. The van der Waals surface area contributed by atoms with Crippen molar-refractivity contribution in [2.75, 3.05) is 0 Å². The van der Waals surface area contributed by atoms with Crippen molar-refractivity contribution >= 4 is 11.6 Å². The highest BCUT2D eigenvalue weighted by molar-refractivity contribution is 6.30. The molecule has 2 N–H and O–H groups in total. The zero-order valence-electron chi connectivity index (χ0n) is 10.5. The Morgan fingerprint density at radius 3 is 2.58 bits per heavy atom.